The zero-order chi connectivity index (χ0) is 12.2. The third kappa shape index (κ3) is 4.53. The van der Waals surface area contributed by atoms with Gasteiger partial charge in [0.25, 0.3) is 0 Å². The summed E-state index contributed by atoms with van der Waals surface area (Å²) in [4.78, 5) is 0. The van der Waals surface area contributed by atoms with Gasteiger partial charge in [0.2, 0.25) is 0 Å². The van der Waals surface area contributed by atoms with Crippen LogP contribution in [0.25, 0.3) is 0 Å². The van der Waals surface area contributed by atoms with Gasteiger partial charge in [0, 0.05) is 0 Å². The van der Waals surface area contributed by atoms with Crippen LogP contribution in [0.4, 0.5) is 0 Å². The molecule has 0 atom stereocenters. The molecule has 0 unspecified atom stereocenters. The summed E-state index contributed by atoms with van der Waals surface area (Å²) in [5.41, 5.74) is 1.02. The van der Waals surface area contributed by atoms with E-state index in [4.69, 9.17) is 9.66 Å². The van der Waals surface area contributed by atoms with Gasteiger partial charge in [-0.15, -0.1) is 0 Å². The van der Waals surface area contributed by atoms with Crippen LogP contribution in [-0.2, 0) is 10.4 Å². The van der Waals surface area contributed by atoms with Crippen molar-refractivity contribution in [1.82, 2.24) is 0 Å². The van der Waals surface area contributed by atoms with Gasteiger partial charge in [0.1, 0.15) is 0 Å². The zero-order valence-corrected chi connectivity index (χ0v) is 11.3. The van der Waals surface area contributed by atoms with Crippen LogP contribution < -0.4 is 8.53 Å². The fourth-order valence-electron chi connectivity index (χ4n) is 1.10. The topological polar surface area (TPSA) is 83.8 Å². The standard InChI is InChI=1S/C9H12AsO5S/c1-7-2-3-8(15-16(12,13)14)6-9(7)10-4-5-11/h2-3,6,11H,4-5H2,1H3,(H,12,13,14). The molecule has 0 fully saturated rings. The Morgan fingerprint density at radius 1 is 1.44 bits per heavy atom. The van der Waals surface area contributed by atoms with Crippen LogP contribution in [0.5, 0.6) is 5.75 Å². The van der Waals surface area contributed by atoms with Crippen LogP contribution in [0, 0.1) is 6.92 Å². The van der Waals surface area contributed by atoms with E-state index < -0.39 is 10.4 Å². The maximum atomic E-state index is 10.5. The molecule has 0 aliphatic rings. The summed E-state index contributed by atoms with van der Waals surface area (Å²) in [7, 11) is -4.47. The van der Waals surface area contributed by atoms with Gasteiger partial charge in [-0.1, -0.05) is 0 Å². The number of benzene rings is 1. The van der Waals surface area contributed by atoms with Gasteiger partial charge in [-0.2, -0.15) is 0 Å². The van der Waals surface area contributed by atoms with Crippen molar-refractivity contribution in [2.45, 2.75) is 12.1 Å². The summed E-state index contributed by atoms with van der Waals surface area (Å²) in [6, 6.07) is 4.79. The molecule has 1 aromatic carbocycles. The third-order valence-corrected chi connectivity index (χ3v) is 4.78. The molecule has 0 heterocycles. The first kappa shape index (κ1) is 13.5. The molecule has 89 valence electrons. The van der Waals surface area contributed by atoms with Crippen molar-refractivity contribution in [2.75, 3.05) is 6.61 Å². The number of hydrogen-bond acceptors (Lipinski definition) is 4. The first-order valence-corrected chi connectivity index (χ1v) is 8.11. The predicted octanol–water partition coefficient (Wildman–Crippen LogP) is -0.0833. The summed E-state index contributed by atoms with van der Waals surface area (Å²) in [5.74, 6) is 0.0938. The minimum atomic E-state index is -4.47. The zero-order valence-electron chi connectivity index (χ0n) is 8.62. The average Bonchev–Trinajstić information content (AvgIpc) is 2.17. The third-order valence-electron chi connectivity index (χ3n) is 1.76. The monoisotopic (exact) mass is 307 g/mol. The first-order chi connectivity index (χ1) is 7.42. The van der Waals surface area contributed by atoms with Gasteiger partial charge < -0.3 is 0 Å². The summed E-state index contributed by atoms with van der Waals surface area (Å²) < 4.78 is 34.9. The van der Waals surface area contributed by atoms with Crippen LogP contribution in [0.1, 0.15) is 5.56 Å². The van der Waals surface area contributed by atoms with Crippen LogP contribution >= 0.6 is 0 Å². The summed E-state index contributed by atoms with van der Waals surface area (Å²) in [6.07, 6.45) is 0. The second-order valence-electron chi connectivity index (χ2n) is 3.06. The van der Waals surface area contributed by atoms with Crippen molar-refractivity contribution < 1.29 is 22.3 Å². The van der Waals surface area contributed by atoms with Crippen LogP contribution in [0.15, 0.2) is 18.2 Å². The van der Waals surface area contributed by atoms with Crippen molar-refractivity contribution in [3.63, 3.8) is 0 Å². The molecule has 0 bridgehead atoms. The molecular weight excluding hydrogens is 295 g/mol. The van der Waals surface area contributed by atoms with E-state index >= 15 is 0 Å². The van der Waals surface area contributed by atoms with Crippen molar-refractivity contribution >= 4 is 30.5 Å². The van der Waals surface area contributed by atoms with Gasteiger partial charge in [0.15, 0.2) is 0 Å². The normalized spacial score (nSPS) is 12.2. The van der Waals surface area contributed by atoms with Crippen molar-refractivity contribution in [2.24, 2.45) is 0 Å². The Labute approximate surface area is 101 Å². The number of aliphatic hydroxyl groups excluding tert-OH is 1. The molecule has 1 rings (SSSR count). The van der Waals surface area contributed by atoms with Gasteiger partial charge in [0.05, 0.1) is 0 Å². The molecule has 0 aliphatic heterocycles. The van der Waals surface area contributed by atoms with E-state index in [1.165, 1.54) is 6.07 Å². The molecule has 0 saturated heterocycles. The van der Waals surface area contributed by atoms with E-state index in [2.05, 4.69) is 4.18 Å². The maximum absolute atomic E-state index is 10.5. The molecule has 5 nitrogen and oxygen atoms in total. The quantitative estimate of drug-likeness (QED) is 0.587. The molecule has 1 aromatic rings. The Bertz CT molecular complexity index is 457. The van der Waals surface area contributed by atoms with Gasteiger partial charge >= 0.3 is 101 Å². The molecule has 2 N–H and O–H groups in total. The Balaban J connectivity index is 2.89. The molecule has 0 saturated carbocycles. The molecule has 0 aliphatic carbocycles. The number of aryl methyl sites for hydroxylation is 1. The van der Waals surface area contributed by atoms with Crippen molar-refractivity contribution in [3.05, 3.63) is 23.8 Å². The van der Waals surface area contributed by atoms with E-state index in [1.54, 1.807) is 12.1 Å². The summed E-state index contributed by atoms with van der Waals surface area (Å²) in [5, 5.41) is 9.42. The second kappa shape index (κ2) is 5.68. The molecule has 16 heavy (non-hydrogen) atoms. The Kier molecular flexibility index (Phi) is 4.80. The Hall–Kier alpha value is -0.552. The van der Waals surface area contributed by atoms with Crippen LogP contribution in [0.2, 0.25) is 5.21 Å². The molecule has 1 radical (unpaired) electrons. The molecular formula is C9H12AsO5S. The van der Waals surface area contributed by atoms with E-state index in [9.17, 15) is 8.42 Å². The molecule has 0 spiro atoms. The van der Waals surface area contributed by atoms with E-state index in [0.29, 0.717) is 5.21 Å². The van der Waals surface area contributed by atoms with E-state index in [1.807, 2.05) is 6.92 Å². The second-order valence-corrected chi connectivity index (χ2v) is 6.70. The summed E-state index contributed by atoms with van der Waals surface area (Å²) in [6.45, 7) is 2.02. The predicted molar refractivity (Wildman–Crippen MR) is 60.6 cm³/mol. The average molecular weight is 307 g/mol. The van der Waals surface area contributed by atoms with E-state index in [0.717, 1.165) is 9.91 Å². The van der Waals surface area contributed by atoms with Crippen LogP contribution in [-0.4, -0.2) is 40.4 Å². The number of aliphatic hydroxyl groups is 1. The van der Waals surface area contributed by atoms with Gasteiger partial charge in [-0.05, 0) is 0 Å². The van der Waals surface area contributed by atoms with Crippen molar-refractivity contribution in [1.29, 1.82) is 0 Å². The first-order valence-electron chi connectivity index (χ1n) is 4.48. The molecule has 7 heteroatoms. The van der Waals surface area contributed by atoms with E-state index in [-0.39, 0.29) is 28.1 Å². The SMILES string of the molecule is Cc1ccc(OS(=O)(=O)O)cc1[As]CCO. The van der Waals surface area contributed by atoms with Crippen molar-refractivity contribution in [3.8, 4) is 5.75 Å². The Morgan fingerprint density at radius 3 is 2.69 bits per heavy atom. The van der Waals surface area contributed by atoms with Gasteiger partial charge in [-0.3, -0.25) is 0 Å². The summed E-state index contributed by atoms with van der Waals surface area (Å²) >= 11 is -0.215. The van der Waals surface area contributed by atoms with Gasteiger partial charge in [-0.25, -0.2) is 0 Å². The fourth-order valence-corrected chi connectivity index (χ4v) is 3.30. The molecule has 0 aromatic heterocycles. The molecule has 0 amide bonds. The fraction of sp³-hybridized carbons (Fsp3) is 0.333. The number of hydrogen-bond donors (Lipinski definition) is 2. The minimum absolute atomic E-state index is 0.0938. The number of rotatable bonds is 5. The Morgan fingerprint density at radius 2 is 2.12 bits per heavy atom. The van der Waals surface area contributed by atoms with Crippen LogP contribution in [0.3, 0.4) is 0 Å².